The Labute approximate surface area is 162 Å². The highest BCUT2D eigenvalue weighted by Crippen LogP contribution is 2.28. The van der Waals surface area contributed by atoms with E-state index in [1.54, 1.807) is 36.4 Å². The van der Waals surface area contributed by atoms with Crippen molar-refractivity contribution in [3.63, 3.8) is 0 Å². The van der Waals surface area contributed by atoms with Gasteiger partial charge in [-0.1, -0.05) is 35.9 Å². The zero-order chi connectivity index (χ0) is 18.9. The van der Waals surface area contributed by atoms with Crippen LogP contribution in [0.5, 0.6) is 11.5 Å². The van der Waals surface area contributed by atoms with Crippen molar-refractivity contribution in [1.82, 2.24) is 5.43 Å². The maximum atomic E-state index is 12.1. The third-order valence-electron chi connectivity index (χ3n) is 3.19. The smallest absolute Gasteiger partial charge is 0.271 e. The first-order valence-electron chi connectivity index (χ1n) is 7.84. The van der Waals surface area contributed by atoms with E-state index in [0.717, 1.165) is 5.56 Å². The van der Waals surface area contributed by atoms with Crippen LogP contribution in [-0.4, -0.2) is 25.3 Å². The normalized spacial score (nSPS) is 10.6. The van der Waals surface area contributed by atoms with Crippen LogP contribution in [0, 0.1) is 0 Å². The highest BCUT2D eigenvalue weighted by Gasteiger charge is 2.08. The molecule has 2 rings (SSSR count). The van der Waals surface area contributed by atoms with Crippen molar-refractivity contribution in [2.45, 2.75) is 6.92 Å². The van der Waals surface area contributed by atoms with Gasteiger partial charge in [0.15, 0.2) is 11.5 Å². The molecule has 0 heterocycles. The summed E-state index contributed by atoms with van der Waals surface area (Å²) in [6.07, 6.45) is 3.17. The molecule has 0 atom stereocenters. The van der Waals surface area contributed by atoms with Crippen molar-refractivity contribution < 1.29 is 14.3 Å². The van der Waals surface area contributed by atoms with E-state index in [4.69, 9.17) is 32.7 Å². The molecule has 2 aromatic carbocycles. The number of nitrogens with zero attached hydrogens (tertiary/aromatic N) is 1. The molecule has 5 nitrogen and oxygen atoms in total. The Balaban J connectivity index is 2.06. The van der Waals surface area contributed by atoms with Crippen LogP contribution in [0.3, 0.4) is 0 Å². The lowest BCUT2D eigenvalue weighted by Crippen LogP contribution is -2.17. The second-order valence-corrected chi connectivity index (χ2v) is 5.88. The quantitative estimate of drug-likeness (QED) is 0.401. The standard InChI is InChI=1S/C19H18Cl2N2O3/c1-3-9-26-17-8-5-13(10-18(17)25-4-2)12-22-23-19(24)14-6-7-15(20)16(21)11-14/h3,5-8,10-12H,1,4,9H2,2H3,(H,23,24)/b22-12+. The van der Waals surface area contributed by atoms with Gasteiger partial charge in [-0.15, -0.1) is 0 Å². The largest absolute Gasteiger partial charge is 0.490 e. The van der Waals surface area contributed by atoms with Crippen LogP contribution in [0.15, 0.2) is 54.2 Å². The molecule has 0 fully saturated rings. The molecular formula is C19H18Cl2N2O3. The summed E-state index contributed by atoms with van der Waals surface area (Å²) in [6, 6.07) is 9.95. The number of amides is 1. The highest BCUT2D eigenvalue weighted by molar-refractivity contribution is 6.42. The fourth-order valence-corrected chi connectivity index (χ4v) is 2.31. The van der Waals surface area contributed by atoms with E-state index in [1.165, 1.54) is 12.3 Å². The molecule has 0 radical (unpaired) electrons. The van der Waals surface area contributed by atoms with Gasteiger partial charge in [-0.05, 0) is 48.9 Å². The van der Waals surface area contributed by atoms with Crippen LogP contribution in [0.2, 0.25) is 10.0 Å². The van der Waals surface area contributed by atoms with Crippen molar-refractivity contribution in [3.05, 3.63) is 70.2 Å². The van der Waals surface area contributed by atoms with Crippen molar-refractivity contribution >= 4 is 35.3 Å². The van der Waals surface area contributed by atoms with Gasteiger partial charge in [0.25, 0.3) is 5.91 Å². The van der Waals surface area contributed by atoms with Gasteiger partial charge < -0.3 is 9.47 Å². The number of hydrazone groups is 1. The summed E-state index contributed by atoms with van der Waals surface area (Å²) in [5.74, 6) is 0.814. The lowest BCUT2D eigenvalue weighted by Gasteiger charge is -2.11. The van der Waals surface area contributed by atoms with Crippen molar-refractivity contribution in [2.24, 2.45) is 5.10 Å². The van der Waals surface area contributed by atoms with Gasteiger partial charge in [-0.3, -0.25) is 4.79 Å². The number of carbonyl (C=O) groups is 1. The molecule has 1 amide bonds. The van der Waals surface area contributed by atoms with Gasteiger partial charge in [0.1, 0.15) is 6.61 Å². The number of hydrogen-bond donors (Lipinski definition) is 1. The van der Waals surface area contributed by atoms with Crippen molar-refractivity contribution in [1.29, 1.82) is 0 Å². The summed E-state index contributed by atoms with van der Waals surface area (Å²) in [5.41, 5.74) is 3.54. The molecule has 136 valence electrons. The van der Waals surface area contributed by atoms with Gasteiger partial charge >= 0.3 is 0 Å². The van der Waals surface area contributed by atoms with E-state index >= 15 is 0 Å². The predicted octanol–water partition coefficient (Wildman–Crippen LogP) is 4.72. The first-order chi connectivity index (χ1) is 12.5. The van der Waals surface area contributed by atoms with Crippen LogP contribution in [0.4, 0.5) is 0 Å². The maximum absolute atomic E-state index is 12.1. The van der Waals surface area contributed by atoms with Gasteiger partial charge in [0, 0.05) is 5.56 Å². The Kier molecular flexibility index (Phi) is 7.51. The second kappa shape index (κ2) is 9.85. The third kappa shape index (κ3) is 5.51. The average Bonchev–Trinajstić information content (AvgIpc) is 2.63. The lowest BCUT2D eigenvalue weighted by atomic mass is 10.2. The maximum Gasteiger partial charge on any atom is 0.271 e. The van der Waals surface area contributed by atoms with E-state index in [-0.39, 0.29) is 0 Å². The number of halogens is 2. The van der Waals surface area contributed by atoms with Gasteiger partial charge in [0.2, 0.25) is 0 Å². The molecule has 1 N–H and O–H groups in total. The zero-order valence-electron chi connectivity index (χ0n) is 14.2. The highest BCUT2D eigenvalue weighted by atomic mass is 35.5. The van der Waals surface area contributed by atoms with Gasteiger partial charge in [-0.2, -0.15) is 5.10 Å². The van der Waals surface area contributed by atoms with Crippen LogP contribution < -0.4 is 14.9 Å². The lowest BCUT2D eigenvalue weighted by molar-refractivity contribution is 0.0955. The molecule has 0 saturated heterocycles. The summed E-state index contributed by atoms with van der Waals surface area (Å²) in [5, 5.41) is 4.64. The number of carbonyl (C=O) groups excluding carboxylic acids is 1. The monoisotopic (exact) mass is 392 g/mol. The molecule has 0 aliphatic heterocycles. The molecule has 0 aliphatic carbocycles. The van der Waals surface area contributed by atoms with Crippen molar-refractivity contribution in [3.8, 4) is 11.5 Å². The molecule has 26 heavy (non-hydrogen) atoms. The van der Waals surface area contributed by atoms with E-state index in [0.29, 0.717) is 40.3 Å². The fourth-order valence-electron chi connectivity index (χ4n) is 2.01. The Morgan fingerprint density at radius 2 is 1.96 bits per heavy atom. The zero-order valence-corrected chi connectivity index (χ0v) is 15.7. The average molecular weight is 393 g/mol. The minimum absolute atomic E-state index is 0.305. The first-order valence-corrected chi connectivity index (χ1v) is 8.59. The molecule has 0 bridgehead atoms. The minimum atomic E-state index is -0.393. The van der Waals surface area contributed by atoms with Crippen LogP contribution in [0.25, 0.3) is 0 Å². The topological polar surface area (TPSA) is 59.9 Å². The Morgan fingerprint density at radius 1 is 1.15 bits per heavy atom. The predicted molar refractivity (Wildman–Crippen MR) is 105 cm³/mol. The van der Waals surface area contributed by atoms with Crippen LogP contribution in [-0.2, 0) is 0 Å². The summed E-state index contributed by atoms with van der Waals surface area (Å²) in [6.45, 7) is 6.38. The van der Waals surface area contributed by atoms with Crippen molar-refractivity contribution in [2.75, 3.05) is 13.2 Å². The Hall–Kier alpha value is -2.50. The molecular weight excluding hydrogens is 375 g/mol. The third-order valence-corrected chi connectivity index (χ3v) is 3.92. The summed E-state index contributed by atoms with van der Waals surface area (Å²) >= 11 is 11.7. The summed E-state index contributed by atoms with van der Waals surface area (Å²) < 4.78 is 11.1. The summed E-state index contributed by atoms with van der Waals surface area (Å²) in [7, 11) is 0. The Morgan fingerprint density at radius 3 is 2.65 bits per heavy atom. The molecule has 0 spiro atoms. The van der Waals surface area contributed by atoms with Gasteiger partial charge in [-0.25, -0.2) is 5.43 Å². The summed E-state index contributed by atoms with van der Waals surface area (Å²) in [4.78, 5) is 12.1. The van der Waals surface area contributed by atoms with E-state index in [9.17, 15) is 4.79 Å². The molecule has 0 aromatic heterocycles. The van der Waals surface area contributed by atoms with Crippen LogP contribution in [0.1, 0.15) is 22.8 Å². The fraction of sp³-hybridized carbons (Fsp3) is 0.158. The Bertz CT molecular complexity index is 822. The van der Waals surface area contributed by atoms with Gasteiger partial charge in [0.05, 0.1) is 22.9 Å². The molecule has 2 aromatic rings. The molecule has 0 unspecified atom stereocenters. The SMILES string of the molecule is C=CCOc1ccc(/C=N/NC(=O)c2ccc(Cl)c(Cl)c2)cc1OCC. The van der Waals surface area contributed by atoms with E-state index in [2.05, 4.69) is 17.1 Å². The number of benzene rings is 2. The van der Waals surface area contributed by atoms with Crippen LogP contribution >= 0.6 is 23.2 Å². The number of hydrogen-bond acceptors (Lipinski definition) is 4. The second-order valence-electron chi connectivity index (χ2n) is 5.07. The number of rotatable bonds is 8. The number of ether oxygens (including phenoxy) is 2. The molecule has 0 aliphatic rings. The minimum Gasteiger partial charge on any atom is -0.490 e. The number of nitrogens with one attached hydrogen (secondary N) is 1. The van der Waals surface area contributed by atoms with E-state index < -0.39 is 5.91 Å². The first kappa shape index (κ1) is 19.8. The molecule has 7 heteroatoms. The van der Waals surface area contributed by atoms with E-state index in [1.807, 2.05) is 6.92 Å². The molecule has 0 saturated carbocycles.